The Hall–Kier alpha value is -3.13. The number of aromatic nitrogens is 2. The summed E-state index contributed by atoms with van der Waals surface area (Å²) >= 11 is 6.02. The van der Waals surface area contributed by atoms with Gasteiger partial charge in [0.15, 0.2) is 0 Å². The van der Waals surface area contributed by atoms with Gasteiger partial charge in [0.2, 0.25) is 10.0 Å². The van der Waals surface area contributed by atoms with Crippen molar-refractivity contribution < 1.29 is 13.5 Å². The fourth-order valence-corrected chi connectivity index (χ4v) is 3.63. The molecule has 6 nitrogen and oxygen atoms in total. The first-order valence-electron chi connectivity index (χ1n) is 8.60. The van der Waals surface area contributed by atoms with Gasteiger partial charge >= 0.3 is 0 Å². The molecule has 0 amide bonds. The van der Waals surface area contributed by atoms with Gasteiger partial charge in [0.1, 0.15) is 5.75 Å². The molecule has 29 heavy (non-hydrogen) atoms. The first-order chi connectivity index (χ1) is 13.8. The van der Waals surface area contributed by atoms with Crippen molar-refractivity contribution in [2.75, 3.05) is 0 Å². The zero-order valence-corrected chi connectivity index (χ0v) is 16.6. The van der Waals surface area contributed by atoms with Crippen LogP contribution in [0.2, 0.25) is 5.02 Å². The van der Waals surface area contributed by atoms with Crippen molar-refractivity contribution in [2.45, 2.75) is 4.90 Å². The van der Waals surface area contributed by atoms with Crippen molar-refractivity contribution in [3.05, 3.63) is 83.9 Å². The second kappa shape index (κ2) is 7.36. The number of nitrogens with two attached hydrogens (primary N) is 1. The summed E-state index contributed by atoms with van der Waals surface area (Å²) in [5.41, 5.74) is 3.72. The quantitative estimate of drug-likeness (QED) is 0.511. The van der Waals surface area contributed by atoms with E-state index < -0.39 is 10.0 Å². The Kier molecular flexibility index (Phi) is 4.87. The van der Waals surface area contributed by atoms with E-state index in [-0.39, 0.29) is 10.6 Å². The average Bonchev–Trinajstić information content (AvgIpc) is 3.13. The molecule has 1 heterocycles. The summed E-state index contributed by atoms with van der Waals surface area (Å²) < 4.78 is 24.8. The molecule has 0 aliphatic carbocycles. The average molecular weight is 426 g/mol. The Morgan fingerprint density at radius 1 is 0.897 bits per heavy atom. The molecular formula is C21H16ClN3O3S. The Labute approximate surface area is 172 Å². The number of benzene rings is 3. The van der Waals surface area contributed by atoms with Crippen LogP contribution in [0.25, 0.3) is 28.2 Å². The van der Waals surface area contributed by atoms with Gasteiger partial charge in [-0.3, -0.25) is 0 Å². The molecule has 0 aliphatic rings. The lowest BCUT2D eigenvalue weighted by Gasteiger charge is -2.08. The molecule has 0 fully saturated rings. The topological polar surface area (TPSA) is 98.2 Å². The molecule has 1 aromatic heterocycles. The molecule has 0 radical (unpaired) electrons. The summed E-state index contributed by atoms with van der Waals surface area (Å²) in [7, 11) is -3.78. The van der Waals surface area contributed by atoms with E-state index in [4.69, 9.17) is 16.7 Å². The van der Waals surface area contributed by atoms with E-state index in [1.807, 2.05) is 24.3 Å². The molecule has 4 rings (SSSR count). The molecule has 146 valence electrons. The maximum Gasteiger partial charge on any atom is 0.238 e. The first kappa shape index (κ1) is 19.2. The predicted molar refractivity (Wildman–Crippen MR) is 112 cm³/mol. The van der Waals surface area contributed by atoms with Gasteiger partial charge in [-0.2, -0.15) is 5.10 Å². The number of hydrogen-bond acceptors (Lipinski definition) is 4. The van der Waals surface area contributed by atoms with E-state index in [9.17, 15) is 13.5 Å². The fraction of sp³-hybridized carbons (Fsp3) is 0. The van der Waals surface area contributed by atoms with E-state index >= 15 is 0 Å². The van der Waals surface area contributed by atoms with Crippen molar-refractivity contribution in [2.24, 2.45) is 5.14 Å². The lowest BCUT2D eigenvalue weighted by Crippen LogP contribution is -2.12. The summed E-state index contributed by atoms with van der Waals surface area (Å²) in [5.74, 6) is 0.141. The predicted octanol–water partition coefficient (Wildman–Crippen LogP) is 4.21. The van der Waals surface area contributed by atoms with Crippen LogP contribution in [0.3, 0.4) is 0 Å². The normalized spacial score (nSPS) is 11.5. The highest BCUT2D eigenvalue weighted by Crippen LogP contribution is 2.31. The van der Waals surface area contributed by atoms with E-state index in [1.165, 1.54) is 12.1 Å². The van der Waals surface area contributed by atoms with E-state index in [0.29, 0.717) is 16.4 Å². The molecule has 0 atom stereocenters. The standard InChI is InChI=1S/C21H16ClN3O3S/c22-16-6-4-14(5-7-16)21-13-20(15-2-1-3-18(26)12-15)24-25(21)17-8-10-19(11-9-17)29(23,27)28/h1-13,26H,(H2,23,27,28). The van der Waals surface area contributed by atoms with Crippen molar-refractivity contribution in [1.82, 2.24) is 9.78 Å². The van der Waals surface area contributed by atoms with Gasteiger partial charge < -0.3 is 5.11 Å². The SMILES string of the molecule is NS(=O)(=O)c1ccc(-n2nc(-c3cccc(O)c3)cc2-c2ccc(Cl)cc2)cc1. The molecule has 0 bridgehead atoms. The Morgan fingerprint density at radius 2 is 1.59 bits per heavy atom. The molecule has 0 saturated carbocycles. The van der Waals surface area contributed by atoms with Gasteiger partial charge in [0, 0.05) is 16.1 Å². The van der Waals surface area contributed by atoms with Gasteiger partial charge in [-0.1, -0.05) is 35.9 Å². The van der Waals surface area contributed by atoms with Crippen LogP contribution in [0.15, 0.2) is 83.8 Å². The van der Waals surface area contributed by atoms with Crippen LogP contribution < -0.4 is 5.14 Å². The number of primary sulfonamides is 1. The molecule has 0 spiro atoms. The third-order valence-corrected chi connectivity index (χ3v) is 5.58. The lowest BCUT2D eigenvalue weighted by atomic mass is 10.1. The summed E-state index contributed by atoms with van der Waals surface area (Å²) in [6.07, 6.45) is 0. The van der Waals surface area contributed by atoms with Crippen LogP contribution in [0, 0.1) is 0 Å². The summed E-state index contributed by atoms with van der Waals surface area (Å²) in [6.45, 7) is 0. The number of sulfonamides is 1. The number of phenolic OH excluding ortho intramolecular Hbond substituents is 1. The minimum Gasteiger partial charge on any atom is -0.508 e. The summed E-state index contributed by atoms with van der Waals surface area (Å²) in [6, 6.07) is 22.2. The Bertz CT molecular complexity index is 1280. The number of nitrogens with zero attached hydrogens (tertiary/aromatic N) is 2. The smallest absolute Gasteiger partial charge is 0.238 e. The molecular weight excluding hydrogens is 410 g/mol. The van der Waals surface area contributed by atoms with Crippen LogP contribution in [0.4, 0.5) is 0 Å². The monoisotopic (exact) mass is 425 g/mol. The van der Waals surface area contributed by atoms with Crippen molar-refractivity contribution in [3.63, 3.8) is 0 Å². The highest BCUT2D eigenvalue weighted by Gasteiger charge is 2.15. The molecule has 8 heteroatoms. The Morgan fingerprint density at radius 3 is 2.21 bits per heavy atom. The number of hydrogen-bond donors (Lipinski definition) is 2. The maximum absolute atomic E-state index is 11.5. The second-order valence-electron chi connectivity index (χ2n) is 6.42. The molecule has 3 N–H and O–H groups in total. The number of aromatic hydroxyl groups is 1. The number of rotatable bonds is 4. The second-order valence-corrected chi connectivity index (χ2v) is 8.42. The van der Waals surface area contributed by atoms with Crippen molar-refractivity contribution in [3.8, 4) is 34.0 Å². The van der Waals surface area contributed by atoms with Crippen LogP contribution in [-0.2, 0) is 10.0 Å². The zero-order valence-electron chi connectivity index (χ0n) is 15.0. The summed E-state index contributed by atoms with van der Waals surface area (Å²) in [5, 5.41) is 20.3. The van der Waals surface area contributed by atoms with Gasteiger partial charge in [0.05, 0.1) is 22.0 Å². The molecule has 0 unspecified atom stereocenters. The highest BCUT2D eigenvalue weighted by atomic mass is 35.5. The largest absolute Gasteiger partial charge is 0.508 e. The van der Waals surface area contributed by atoms with Crippen molar-refractivity contribution >= 4 is 21.6 Å². The van der Waals surface area contributed by atoms with E-state index in [1.54, 1.807) is 47.1 Å². The zero-order chi connectivity index (χ0) is 20.6. The Balaban J connectivity index is 1.88. The first-order valence-corrected chi connectivity index (χ1v) is 10.5. The van der Waals surface area contributed by atoms with Crippen molar-refractivity contribution in [1.29, 1.82) is 0 Å². The lowest BCUT2D eigenvalue weighted by molar-refractivity contribution is 0.475. The van der Waals surface area contributed by atoms with E-state index in [0.717, 1.165) is 16.8 Å². The maximum atomic E-state index is 11.5. The minimum absolute atomic E-state index is 0.0228. The fourth-order valence-electron chi connectivity index (χ4n) is 2.99. The molecule has 0 aliphatic heterocycles. The minimum atomic E-state index is -3.78. The van der Waals surface area contributed by atoms with Crippen LogP contribution in [-0.4, -0.2) is 23.3 Å². The van der Waals surface area contributed by atoms with Crippen LogP contribution >= 0.6 is 11.6 Å². The van der Waals surface area contributed by atoms with Gasteiger partial charge in [0.25, 0.3) is 0 Å². The van der Waals surface area contributed by atoms with Crippen LogP contribution in [0.1, 0.15) is 0 Å². The molecule has 4 aromatic rings. The van der Waals surface area contributed by atoms with E-state index in [2.05, 4.69) is 5.10 Å². The van der Waals surface area contributed by atoms with Gasteiger partial charge in [-0.25, -0.2) is 18.2 Å². The molecule has 0 saturated heterocycles. The number of phenols is 1. The summed E-state index contributed by atoms with van der Waals surface area (Å²) in [4.78, 5) is 0.0228. The van der Waals surface area contributed by atoms with Gasteiger partial charge in [-0.15, -0.1) is 0 Å². The molecule has 3 aromatic carbocycles. The third-order valence-electron chi connectivity index (χ3n) is 4.40. The van der Waals surface area contributed by atoms with Gasteiger partial charge in [-0.05, 0) is 54.6 Å². The highest BCUT2D eigenvalue weighted by molar-refractivity contribution is 7.89. The van der Waals surface area contributed by atoms with Crippen LogP contribution in [0.5, 0.6) is 5.75 Å². The number of halogens is 1. The third kappa shape index (κ3) is 4.02.